The highest BCUT2D eigenvalue weighted by Gasteiger charge is 2.16. The van der Waals surface area contributed by atoms with Crippen molar-refractivity contribution in [2.24, 2.45) is 0 Å². The number of thioether (sulfide) groups is 1. The van der Waals surface area contributed by atoms with Crippen molar-refractivity contribution in [3.63, 3.8) is 0 Å². The van der Waals surface area contributed by atoms with Crippen LogP contribution in [0.25, 0.3) is 0 Å². The van der Waals surface area contributed by atoms with Gasteiger partial charge >= 0.3 is 0 Å². The van der Waals surface area contributed by atoms with E-state index in [0.717, 1.165) is 35.7 Å². The summed E-state index contributed by atoms with van der Waals surface area (Å²) in [6.45, 7) is 5.14. The summed E-state index contributed by atoms with van der Waals surface area (Å²) in [6, 6.07) is 5.62. The Hall–Kier alpha value is -2.22. The number of carbonyl (C=O) groups excluding carboxylic acids is 1. The minimum absolute atomic E-state index is 0.0609. The summed E-state index contributed by atoms with van der Waals surface area (Å²) in [5.41, 5.74) is 0.978. The molecule has 3 rings (SSSR count). The Kier molecular flexibility index (Phi) is 5.80. The van der Waals surface area contributed by atoms with Crippen LogP contribution >= 0.6 is 11.8 Å². The largest absolute Gasteiger partial charge is 0.486 e. The van der Waals surface area contributed by atoms with E-state index in [1.165, 1.54) is 11.8 Å². The number of ether oxygens (including phenoxy) is 2. The van der Waals surface area contributed by atoms with Crippen molar-refractivity contribution >= 4 is 17.7 Å². The maximum Gasteiger partial charge on any atom is 0.230 e. The van der Waals surface area contributed by atoms with Crippen LogP contribution in [0.2, 0.25) is 0 Å². The molecule has 2 N–H and O–H groups in total. The minimum Gasteiger partial charge on any atom is -0.486 e. The number of nitrogens with zero attached hydrogens (tertiary/aromatic N) is 2. The van der Waals surface area contributed by atoms with E-state index in [4.69, 9.17) is 9.47 Å². The summed E-state index contributed by atoms with van der Waals surface area (Å²) in [5, 5.41) is 10.6. The van der Waals surface area contributed by atoms with Crippen LogP contribution in [0.1, 0.15) is 37.7 Å². The molecule has 0 aliphatic carbocycles. The number of nitrogens with one attached hydrogen (secondary N) is 2. The van der Waals surface area contributed by atoms with Crippen molar-refractivity contribution in [3.05, 3.63) is 29.6 Å². The molecule has 1 atom stereocenters. The molecule has 2 heterocycles. The smallest absolute Gasteiger partial charge is 0.230 e. The molecule has 1 aliphatic heterocycles. The minimum atomic E-state index is -0.119. The van der Waals surface area contributed by atoms with Crippen LogP contribution in [0, 0.1) is 0 Å². The Balaban J connectivity index is 1.51. The molecular formula is C17H22N4O3S. The van der Waals surface area contributed by atoms with Gasteiger partial charge in [0, 0.05) is 6.42 Å². The molecule has 7 nitrogen and oxygen atoms in total. The monoisotopic (exact) mass is 362 g/mol. The SMILES string of the molecule is CCCc1nc(SCC(=O)N[C@H](C)c2ccc3c(c2)OCCO3)n[nH]1. The second-order valence-electron chi connectivity index (χ2n) is 5.80. The molecule has 134 valence electrons. The number of carbonyl (C=O) groups is 1. The lowest BCUT2D eigenvalue weighted by atomic mass is 10.1. The molecule has 0 saturated carbocycles. The van der Waals surface area contributed by atoms with E-state index in [1.54, 1.807) is 0 Å². The van der Waals surface area contributed by atoms with Crippen LogP contribution in [0.3, 0.4) is 0 Å². The molecule has 25 heavy (non-hydrogen) atoms. The summed E-state index contributed by atoms with van der Waals surface area (Å²) in [7, 11) is 0. The summed E-state index contributed by atoms with van der Waals surface area (Å²) < 4.78 is 11.1. The zero-order chi connectivity index (χ0) is 17.6. The van der Waals surface area contributed by atoms with Gasteiger partial charge in [-0.2, -0.15) is 0 Å². The maximum atomic E-state index is 12.2. The van der Waals surface area contributed by atoms with E-state index >= 15 is 0 Å². The second-order valence-corrected chi connectivity index (χ2v) is 6.74. The predicted molar refractivity (Wildman–Crippen MR) is 95.1 cm³/mol. The van der Waals surface area contributed by atoms with Crippen LogP contribution in [0.15, 0.2) is 23.4 Å². The van der Waals surface area contributed by atoms with Gasteiger partial charge in [-0.15, -0.1) is 5.10 Å². The highest BCUT2D eigenvalue weighted by molar-refractivity contribution is 7.99. The van der Waals surface area contributed by atoms with Gasteiger partial charge in [0.05, 0.1) is 11.8 Å². The lowest BCUT2D eigenvalue weighted by Gasteiger charge is -2.21. The fourth-order valence-corrected chi connectivity index (χ4v) is 3.15. The number of H-pyrrole nitrogens is 1. The number of aromatic nitrogens is 3. The third kappa shape index (κ3) is 4.66. The number of rotatable bonds is 7. The third-order valence-corrected chi connectivity index (χ3v) is 4.62. The normalized spacial score (nSPS) is 14.2. The van der Waals surface area contributed by atoms with Gasteiger partial charge in [-0.05, 0) is 31.0 Å². The Morgan fingerprint density at radius 1 is 1.36 bits per heavy atom. The molecule has 1 amide bonds. The van der Waals surface area contributed by atoms with E-state index < -0.39 is 0 Å². The quantitative estimate of drug-likeness (QED) is 0.736. The molecule has 0 saturated heterocycles. The Morgan fingerprint density at radius 3 is 2.96 bits per heavy atom. The van der Waals surface area contributed by atoms with Crippen LogP contribution in [0.4, 0.5) is 0 Å². The molecule has 1 aliphatic rings. The number of aromatic amines is 1. The zero-order valence-corrected chi connectivity index (χ0v) is 15.2. The van der Waals surface area contributed by atoms with Gasteiger partial charge in [0.1, 0.15) is 19.0 Å². The van der Waals surface area contributed by atoms with Gasteiger partial charge in [0.15, 0.2) is 11.5 Å². The van der Waals surface area contributed by atoms with E-state index in [1.807, 2.05) is 25.1 Å². The fourth-order valence-electron chi connectivity index (χ4n) is 2.52. The first kappa shape index (κ1) is 17.6. The van der Waals surface area contributed by atoms with Gasteiger partial charge < -0.3 is 14.8 Å². The lowest BCUT2D eigenvalue weighted by Crippen LogP contribution is -2.28. The second kappa shape index (κ2) is 8.24. The Bertz CT molecular complexity index is 734. The molecule has 1 aromatic carbocycles. The van der Waals surface area contributed by atoms with Crippen molar-refractivity contribution in [1.82, 2.24) is 20.5 Å². The summed E-state index contributed by atoms with van der Waals surface area (Å²) >= 11 is 1.33. The number of hydrogen-bond donors (Lipinski definition) is 2. The fraction of sp³-hybridized carbons (Fsp3) is 0.471. The average molecular weight is 362 g/mol. The highest BCUT2D eigenvalue weighted by Crippen LogP contribution is 2.32. The number of aryl methyl sites for hydroxylation is 1. The number of benzene rings is 1. The van der Waals surface area contributed by atoms with Crippen molar-refractivity contribution < 1.29 is 14.3 Å². The molecule has 0 radical (unpaired) electrons. The molecule has 0 bridgehead atoms. The Labute approximate surface area is 150 Å². The number of amides is 1. The van der Waals surface area contributed by atoms with Gasteiger partial charge in [-0.25, -0.2) is 4.98 Å². The number of hydrogen-bond acceptors (Lipinski definition) is 6. The molecule has 2 aromatic rings. The molecule has 0 spiro atoms. The van der Waals surface area contributed by atoms with Gasteiger partial charge in [-0.1, -0.05) is 24.8 Å². The van der Waals surface area contributed by atoms with E-state index in [2.05, 4.69) is 27.4 Å². The van der Waals surface area contributed by atoms with Gasteiger partial charge in [0.2, 0.25) is 11.1 Å². The number of fused-ring (bicyclic) bond motifs is 1. The highest BCUT2D eigenvalue weighted by atomic mass is 32.2. The molecule has 8 heteroatoms. The zero-order valence-electron chi connectivity index (χ0n) is 14.4. The van der Waals surface area contributed by atoms with Crippen molar-refractivity contribution in [1.29, 1.82) is 0 Å². The van der Waals surface area contributed by atoms with Crippen molar-refractivity contribution in [2.45, 2.75) is 37.9 Å². The van der Waals surface area contributed by atoms with E-state index in [-0.39, 0.29) is 17.7 Å². The first-order chi connectivity index (χ1) is 12.2. The summed E-state index contributed by atoms with van der Waals surface area (Å²) in [5.74, 6) is 2.54. The van der Waals surface area contributed by atoms with Crippen LogP contribution in [-0.4, -0.2) is 40.1 Å². The third-order valence-electron chi connectivity index (χ3n) is 3.77. The predicted octanol–water partition coefficient (Wildman–Crippen LogP) is 2.50. The molecular weight excluding hydrogens is 340 g/mol. The van der Waals surface area contributed by atoms with Gasteiger partial charge in [-0.3, -0.25) is 9.89 Å². The summed E-state index contributed by atoms with van der Waals surface area (Å²) in [4.78, 5) is 16.5. The maximum absolute atomic E-state index is 12.2. The summed E-state index contributed by atoms with van der Waals surface area (Å²) in [6.07, 6.45) is 1.87. The van der Waals surface area contributed by atoms with Crippen LogP contribution < -0.4 is 14.8 Å². The van der Waals surface area contributed by atoms with E-state index in [9.17, 15) is 4.79 Å². The van der Waals surface area contributed by atoms with E-state index in [0.29, 0.717) is 18.4 Å². The standard InChI is InChI=1S/C17H22N4O3S/c1-3-4-15-19-17(21-20-15)25-10-16(22)18-11(2)12-5-6-13-14(9-12)24-8-7-23-13/h5-6,9,11H,3-4,7-8,10H2,1-2H3,(H,18,22)(H,19,20,21)/t11-/m1/s1. The lowest BCUT2D eigenvalue weighted by molar-refractivity contribution is -0.119. The first-order valence-corrected chi connectivity index (χ1v) is 9.37. The molecule has 1 aromatic heterocycles. The molecule has 0 fully saturated rings. The van der Waals surface area contributed by atoms with Gasteiger partial charge in [0.25, 0.3) is 0 Å². The molecule has 0 unspecified atom stereocenters. The average Bonchev–Trinajstić information content (AvgIpc) is 3.07. The van der Waals surface area contributed by atoms with Crippen molar-refractivity contribution in [2.75, 3.05) is 19.0 Å². The first-order valence-electron chi connectivity index (χ1n) is 8.38. The van der Waals surface area contributed by atoms with Crippen LogP contribution in [0.5, 0.6) is 11.5 Å². The van der Waals surface area contributed by atoms with Crippen molar-refractivity contribution in [3.8, 4) is 11.5 Å². The Morgan fingerprint density at radius 2 is 2.16 bits per heavy atom. The topological polar surface area (TPSA) is 89.1 Å². The van der Waals surface area contributed by atoms with Crippen LogP contribution in [-0.2, 0) is 11.2 Å².